The van der Waals surface area contributed by atoms with Gasteiger partial charge in [0.05, 0.1) is 12.3 Å². The van der Waals surface area contributed by atoms with Crippen molar-refractivity contribution in [1.82, 2.24) is 15.1 Å². The molecule has 1 aromatic heterocycles. The van der Waals surface area contributed by atoms with Gasteiger partial charge in [-0.3, -0.25) is 4.68 Å². The minimum atomic E-state index is -0.224. The number of aryl methyl sites for hydroxylation is 2. The summed E-state index contributed by atoms with van der Waals surface area (Å²) in [5.41, 5.74) is 3.50. The maximum absolute atomic E-state index is 9.35. The molecule has 0 bridgehead atoms. The number of hydrogen-bond acceptors (Lipinski definition) is 3. The number of aromatic nitrogens is 2. The Kier molecular flexibility index (Phi) is 4.71. The highest BCUT2D eigenvalue weighted by molar-refractivity contribution is 5.24. The zero-order chi connectivity index (χ0) is 13.1. The minimum absolute atomic E-state index is 0.142. The molecule has 0 saturated heterocycles. The molecule has 1 aromatic rings. The van der Waals surface area contributed by atoms with Crippen LogP contribution in [0.2, 0.25) is 0 Å². The van der Waals surface area contributed by atoms with Gasteiger partial charge in [-0.2, -0.15) is 5.10 Å². The van der Waals surface area contributed by atoms with Gasteiger partial charge in [-0.15, -0.1) is 0 Å². The second-order valence-corrected chi connectivity index (χ2v) is 4.94. The van der Waals surface area contributed by atoms with E-state index in [9.17, 15) is 5.11 Å². The lowest BCUT2D eigenvalue weighted by Crippen LogP contribution is -2.44. The number of nitrogens with zero attached hydrogens (tertiary/aromatic N) is 2. The van der Waals surface area contributed by atoms with Crippen molar-refractivity contribution in [2.75, 3.05) is 13.7 Å². The highest BCUT2D eigenvalue weighted by Crippen LogP contribution is 2.16. The van der Waals surface area contributed by atoms with E-state index in [1.54, 1.807) is 0 Å². The molecular weight excluding hydrogens is 214 g/mol. The molecule has 1 unspecified atom stereocenters. The third kappa shape index (κ3) is 3.07. The van der Waals surface area contributed by atoms with E-state index < -0.39 is 0 Å². The van der Waals surface area contributed by atoms with Gasteiger partial charge in [-0.1, -0.05) is 6.92 Å². The predicted molar refractivity (Wildman–Crippen MR) is 70.2 cm³/mol. The van der Waals surface area contributed by atoms with E-state index in [4.69, 9.17) is 0 Å². The van der Waals surface area contributed by atoms with Crippen molar-refractivity contribution >= 4 is 0 Å². The Labute approximate surface area is 104 Å². The fourth-order valence-corrected chi connectivity index (χ4v) is 2.10. The van der Waals surface area contributed by atoms with E-state index in [0.29, 0.717) is 0 Å². The lowest BCUT2D eigenvalue weighted by Gasteiger charge is -2.26. The van der Waals surface area contributed by atoms with Gasteiger partial charge in [0, 0.05) is 17.8 Å². The second kappa shape index (κ2) is 5.65. The van der Waals surface area contributed by atoms with Crippen molar-refractivity contribution in [3.8, 4) is 0 Å². The molecule has 4 heteroatoms. The molecule has 0 aliphatic heterocycles. The lowest BCUT2D eigenvalue weighted by atomic mass is 9.99. The van der Waals surface area contributed by atoms with Crippen LogP contribution in [0.25, 0.3) is 0 Å². The first-order valence-electron chi connectivity index (χ1n) is 6.30. The number of aliphatic hydroxyl groups excluding tert-OH is 1. The summed E-state index contributed by atoms with van der Waals surface area (Å²) in [7, 11) is 1.88. The third-order valence-electron chi connectivity index (χ3n) is 3.71. The van der Waals surface area contributed by atoms with Gasteiger partial charge in [-0.25, -0.2) is 0 Å². The average Bonchev–Trinajstić information content (AvgIpc) is 2.61. The fourth-order valence-electron chi connectivity index (χ4n) is 2.10. The molecule has 1 heterocycles. The fraction of sp³-hybridized carbons (Fsp3) is 0.769. The van der Waals surface area contributed by atoms with Crippen LogP contribution in [0.15, 0.2) is 0 Å². The van der Waals surface area contributed by atoms with Gasteiger partial charge in [0.25, 0.3) is 0 Å². The van der Waals surface area contributed by atoms with E-state index in [1.165, 1.54) is 11.3 Å². The molecule has 1 rings (SSSR count). The topological polar surface area (TPSA) is 50.1 Å². The highest BCUT2D eigenvalue weighted by atomic mass is 16.3. The van der Waals surface area contributed by atoms with E-state index in [2.05, 4.69) is 35.9 Å². The largest absolute Gasteiger partial charge is 0.394 e. The van der Waals surface area contributed by atoms with Gasteiger partial charge in [-0.05, 0) is 46.2 Å². The molecular formula is C13H25N3O. The summed E-state index contributed by atoms with van der Waals surface area (Å²) < 4.78 is 2.05. The summed E-state index contributed by atoms with van der Waals surface area (Å²) in [6, 6.07) is 0. The molecule has 17 heavy (non-hydrogen) atoms. The first-order valence-corrected chi connectivity index (χ1v) is 6.30. The Bertz CT molecular complexity index is 367. The quantitative estimate of drug-likeness (QED) is 0.789. The van der Waals surface area contributed by atoms with Crippen LogP contribution in [0, 0.1) is 13.8 Å². The predicted octanol–water partition coefficient (Wildman–Crippen LogP) is 1.42. The van der Waals surface area contributed by atoms with Crippen molar-refractivity contribution in [1.29, 1.82) is 0 Å². The third-order valence-corrected chi connectivity index (χ3v) is 3.71. The molecule has 0 radical (unpaired) electrons. The zero-order valence-electron chi connectivity index (χ0n) is 11.7. The molecule has 0 aliphatic rings. The van der Waals surface area contributed by atoms with Gasteiger partial charge in [0.15, 0.2) is 0 Å². The van der Waals surface area contributed by atoms with Gasteiger partial charge in [0.2, 0.25) is 0 Å². The van der Waals surface area contributed by atoms with E-state index in [1.807, 2.05) is 14.0 Å². The Morgan fingerprint density at radius 3 is 2.47 bits per heavy atom. The van der Waals surface area contributed by atoms with Crippen LogP contribution in [0.4, 0.5) is 0 Å². The number of rotatable bonds is 6. The second-order valence-electron chi connectivity index (χ2n) is 4.94. The molecule has 0 spiro atoms. The van der Waals surface area contributed by atoms with Crippen LogP contribution in [-0.4, -0.2) is 34.1 Å². The van der Waals surface area contributed by atoms with Crippen LogP contribution in [0.5, 0.6) is 0 Å². The van der Waals surface area contributed by atoms with Gasteiger partial charge in [0.1, 0.15) is 0 Å². The maximum Gasteiger partial charge on any atom is 0.0628 e. The Balaban J connectivity index is 2.76. The standard InChI is InChI=1S/C13H25N3O/c1-6-12-10(2)15-16(11(12)3)8-7-13(4,9-17)14-5/h14,17H,6-9H2,1-5H3. The summed E-state index contributed by atoms with van der Waals surface area (Å²) in [5, 5.41) is 17.1. The van der Waals surface area contributed by atoms with E-state index >= 15 is 0 Å². The van der Waals surface area contributed by atoms with Crippen LogP contribution < -0.4 is 5.32 Å². The highest BCUT2D eigenvalue weighted by Gasteiger charge is 2.21. The number of nitrogens with one attached hydrogen (secondary N) is 1. The number of hydrogen-bond donors (Lipinski definition) is 2. The van der Waals surface area contributed by atoms with Crippen LogP contribution >= 0.6 is 0 Å². The summed E-state index contributed by atoms with van der Waals surface area (Å²) >= 11 is 0. The molecule has 0 aromatic carbocycles. The smallest absolute Gasteiger partial charge is 0.0628 e. The Morgan fingerprint density at radius 2 is 2.06 bits per heavy atom. The molecule has 1 atom stereocenters. The summed E-state index contributed by atoms with van der Waals surface area (Å²) in [5.74, 6) is 0. The van der Waals surface area contributed by atoms with E-state index in [-0.39, 0.29) is 12.1 Å². The van der Waals surface area contributed by atoms with Crippen molar-refractivity contribution in [3.05, 3.63) is 17.0 Å². The molecule has 0 amide bonds. The van der Waals surface area contributed by atoms with Crippen molar-refractivity contribution in [2.24, 2.45) is 0 Å². The molecule has 98 valence electrons. The molecule has 0 aliphatic carbocycles. The first kappa shape index (κ1) is 14.2. The molecule has 2 N–H and O–H groups in total. The van der Waals surface area contributed by atoms with Crippen LogP contribution in [0.1, 0.15) is 37.2 Å². The van der Waals surface area contributed by atoms with Crippen molar-refractivity contribution < 1.29 is 5.11 Å². The van der Waals surface area contributed by atoms with Crippen LogP contribution in [0.3, 0.4) is 0 Å². The summed E-state index contributed by atoms with van der Waals surface area (Å²) in [6.45, 7) is 9.35. The van der Waals surface area contributed by atoms with E-state index in [0.717, 1.165) is 25.1 Å². The normalized spacial score (nSPS) is 14.9. The summed E-state index contributed by atoms with van der Waals surface area (Å²) in [6.07, 6.45) is 1.89. The Hall–Kier alpha value is -0.870. The SMILES string of the molecule is CCc1c(C)nn(CCC(C)(CO)NC)c1C. The maximum atomic E-state index is 9.35. The lowest BCUT2D eigenvalue weighted by molar-refractivity contribution is 0.167. The molecule has 4 nitrogen and oxygen atoms in total. The first-order chi connectivity index (χ1) is 7.97. The molecule has 0 fully saturated rings. The van der Waals surface area contributed by atoms with Gasteiger partial charge < -0.3 is 10.4 Å². The monoisotopic (exact) mass is 239 g/mol. The Morgan fingerprint density at radius 1 is 1.41 bits per heavy atom. The van der Waals surface area contributed by atoms with Gasteiger partial charge >= 0.3 is 0 Å². The van der Waals surface area contributed by atoms with Crippen molar-refractivity contribution in [3.63, 3.8) is 0 Å². The zero-order valence-corrected chi connectivity index (χ0v) is 11.7. The average molecular weight is 239 g/mol. The van der Waals surface area contributed by atoms with Crippen LogP contribution in [-0.2, 0) is 13.0 Å². The minimum Gasteiger partial charge on any atom is -0.394 e. The van der Waals surface area contributed by atoms with Crippen molar-refractivity contribution in [2.45, 2.75) is 52.6 Å². The molecule has 0 saturated carbocycles. The summed E-state index contributed by atoms with van der Waals surface area (Å²) in [4.78, 5) is 0. The number of aliphatic hydroxyl groups is 1. The number of likely N-dealkylation sites (N-methyl/N-ethyl adjacent to an activating group) is 1.